The lowest BCUT2D eigenvalue weighted by Gasteiger charge is -2.27. The van der Waals surface area contributed by atoms with Crippen LogP contribution < -0.4 is 9.47 Å². The monoisotopic (exact) mass is 468 g/mol. The number of pyridine rings is 1. The first-order valence-corrected chi connectivity index (χ1v) is 11.8. The van der Waals surface area contributed by atoms with Crippen LogP contribution in [-0.4, -0.2) is 39.7 Å². The average Bonchev–Trinajstić information content (AvgIpc) is 3.43. The molecule has 5 rings (SSSR count). The van der Waals surface area contributed by atoms with Crippen LogP contribution in [0.5, 0.6) is 11.5 Å². The Morgan fingerprint density at radius 2 is 1.80 bits per heavy atom. The molecule has 7 heteroatoms. The van der Waals surface area contributed by atoms with Crippen LogP contribution in [0, 0.1) is 6.92 Å². The third kappa shape index (κ3) is 4.25. The van der Waals surface area contributed by atoms with Crippen molar-refractivity contribution in [2.45, 2.75) is 32.9 Å². The number of fused-ring (bicyclic) bond motifs is 1. The smallest absolute Gasteiger partial charge is 0.273 e. The number of H-pyrrole nitrogens is 1. The van der Waals surface area contributed by atoms with Crippen molar-refractivity contribution in [1.82, 2.24) is 20.1 Å². The van der Waals surface area contributed by atoms with Crippen molar-refractivity contribution in [2.75, 3.05) is 13.7 Å². The molecular formula is C28H28N4O3. The van der Waals surface area contributed by atoms with Crippen LogP contribution in [0.25, 0.3) is 11.3 Å². The van der Waals surface area contributed by atoms with Gasteiger partial charge in [0.2, 0.25) is 0 Å². The SMILES string of the molecule is CCCOc1ccc(C2c3c(-c4ccc(C)cc4)n[nH]c3C(=O)N2Cc2ccncc2)cc1OC. The quantitative estimate of drug-likeness (QED) is 0.378. The van der Waals surface area contributed by atoms with Crippen molar-refractivity contribution in [1.29, 1.82) is 0 Å². The summed E-state index contributed by atoms with van der Waals surface area (Å²) in [7, 11) is 1.63. The summed E-state index contributed by atoms with van der Waals surface area (Å²) in [6.45, 7) is 5.17. The largest absolute Gasteiger partial charge is 0.493 e. The predicted octanol–water partition coefficient (Wildman–Crippen LogP) is 5.32. The van der Waals surface area contributed by atoms with E-state index in [4.69, 9.17) is 9.47 Å². The van der Waals surface area contributed by atoms with Crippen molar-refractivity contribution >= 4 is 5.91 Å². The molecule has 3 heterocycles. The molecule has 0 radical (unpaired) electrons. The van der Waals surface area contributed by atoms with Crippen LogP contribution >= 0.6 is 0 Å². The molecule has 35 heavy (non-hydrogen) atoms. The van der Waals surface area contributed by atoms with E-state index in [9.17, 15) is 4.79 Å². The molecule has 1 aliphatic heterocycles. The van der Waals surface area contributed by atoms with Gasteiger partial charge >= 0.3 is 0 Å². The number of methoxy groups -OCH3 is 1. The van der Waals surface area contributed by atoms with Crippen molar-refractivity contribution in [3.8, 4) is 22.8 Å². The fourth-order valence-corrected chi connectivity index (χ4v) is 4.51. The van der Waals surface area contributed by atoms with E-state index in [0.29, 0.717) is 30.3 Å². The molecule has 0 fully saturated rings. The van der Waals surface area contributed by atoms with E-state index in [1.54, 1.807) is 19.5 Å². The number of ether oxygens (including phenoxy) is 2. The molecule has 1 amide bonds. The molecule has 0 saturated carbocycles. The number of nitrogens with one attached hydrogen (secondary N) is 1. The van der Waals surface area contributed by atoms with Gasteiger partial charge in [0, 0.05) is 30.1 Å². The van der Waals surface area contributed by atoms with Gasteiger partial charge in [-0.2, -0.15) is 5.10 Å². The topological polar surface area (TPSA) is 80.3 Å². The number of benzene rings is 2. The van der Waals surface area contributed by atoms with E-state index in [2.05, 4.69) is 41.2 Å². The Hall–Kier alpha value is -4.13. The number of hydrogen-bond acceptors (Lipinski definition) is 5. The zero-order valence-corrected chi connectivity index (χ0v) is 20.1. The maximum absolute atomic E-state index is 13.6. The molecule has 2 aromatic carbocycles. The van der Waals surface area contributed by atoms with Gasteiger partial charge in [0.05, 0.1) is 25.5 Å². The minimum Gasteiger partial charge on any atom is -0.493 e. The summed E-state index contributed by atoms with van der Waals surface area (Å²) < 4.78 is 11.5. The molecule has 1 atom stereocenters. The fraction of sp³-hybridized carbons (Fsp3) is 0.250. The molecule has 0 saturated heterocycles. The molecule has 0 bridgehead atoms. The average molecular weight is 469 g/mol. The first kappa shape index (κ1) is 22.7. The van der Waals surface area contributed by atoms with Crippen LogP contribution in [0.4, 0.5) is 0 Å². The van der Waals surface area contributed by atoms with Crippen molar-refractivity contribution in [2.24, 2.45) is 0 Å². The first-order chi connectivity index (χ1) is 17.1. The number of aromatic nitrogens is 3. The number of hydrogen-bond donors (Lipinski definition) is 1. The molecule has 1 aliphatic rings. The van der Waals surface area contributed by atoms with E-state index in [-0.39, 0.29) is 11.9 Å². The van der Waals surface area contributed by atoms with Gasteiger partial charge in [-0.05, 0) is 48.7 Å². The number of amides is 1. The summed E-state index contributed by atoms with van der Waals surface area (Å²) in [6.07, 6.45) is 4.39. The minimum atomic E-state index is -0.338. The lowest BCUT2D eigenvalue weighted by atomic mass is 9.95. The van der Waals surface area contributed by atoms with Gasteiger partial charge in [-0.1, -0.05) is 42.8 Å². The third-order valence-electron chi connectivity index (χ3n) is 6.26. The Balaban J connectivity index is 1.63. The van der Waals surface area contributed by atoms with E-state index in [1.807, 2.05) is 47.4 Å². The highest BCUT2D eigenvalue weighted by atomic mass is 16.5. The van der Waals surface area contributed by atoms with Gasteiger partial charge in [0.25, 0.3) is 5.91 Å². The summed E-state index contributed by atoms with van der Waals surface area (Å²) in [6, 6.07) is 17.6. The second kappa shape index (κ2) is 9.62. The fourth-order valence-electron chi connectivity index (χ4n) is 4.51. The molecule has 0 aliphatic carbocycles. The lowest BCUT2D eigenvalue weighted by molar-refractivity contribution is 0.0729. The normalized spacial score (nSPS) is 14.8. The van der Waals surface area contributed by atoms with Crippen LogP contribution in [0.1, 0.15) is 52.1 Å². The van der Waals surface area contributed by atoms with Crippen LogP contribution in [-0.2, 0) is 6.54 Å². The highest BCUT2D eigenvalue weighted by Gasteiger charge is 2.42. The molecule has 4 aromatic rings. The van der Waals surface area contributed by atoms with Gasteiger partial charge < -0.3 is 14.4 Å². The molecule has 2 aromatic heterocycles. The zero-order chi connectivity index (χ0) is 24.4. The van der Waals surface area contributed by atoms with Crippen LogP contribution in [0.15, 0.2) is 67.0 Å². The Kier molecular flexibility index (Phi) is 6.23. The standard InChI is InChI=1S/C28H28N4O3/c1-4-15-35-22-10-9-21(16-23(22)34-3)27-24-25(20-7-5-18(2)6-8-20)30-31-26(24)28(33)32(27)17-19-11-13-29-14-12-19/h5-14,16,27H,4,15,17H2,1-3H3,(H,30,31). The van der Waals surface area contributed by atoms with E-state index < -0.39 is 0 Å². The number of aryl methyl sites for hydroxylation is 1. The minimum absolute atomic E-state index is 0.0852. The number of carbonyl (C=O) groups is 1. The Morgan fingerprint density at radius 1 is 1.03 bits per heavy atom. The first-order valence-electron chi connectivity index (χ1n) is 11.8. The van der Waals surface area contributed by atoms with Gasteiger partial charge in [-0.15, -0.1) is 0 Å². The predicted molar refractivity (Wildman–Crippen MR) is 133 cm³/mol. The molecule has 7 nitrogen and oxygen atoms in total. The Bertz CT molecular complexity index is 1330. The van der Waals surface area contributed by atoms with Crippen molar-refractivity contribution in [3.63, 3.8) is 0 Å². The molecule has 1 unspecified atom stereocenters. The van der Waals surface area contributed by atoms with Crippen molar-refractivity contribution in [3.05, 3.63) is 94.9 Å². The summed E-state index contributed by atoms with van der Waals surface area (Å²) in [5.41, 5.74) is 6.24. The van der Waals surface area contributed by atoms with Gasteiger partial charge in [0.15, 0.2) is 11.5 Å². The van der Waals surface area contributed by atoms with Crippen molar-refractivity contribution < 1.29 is 14.3 Å². The van der Waals surface area contributed by atoms with Gasteiger partial charge in [0.1, 0.15) is 5.69 Å². The summed E-state index contributed by atoms with van der Waals surface area (Å²) in [5, 5.41) is 7.59. The molecular weight excluding hydrogens is 440 g/mol. The van der Waals surface area contributed by atoms with Gasteiger partial charge in [-0.3, -0.25) is 14.9 Å². The highest BCUT2D eigenvalue weighted by Crippen LogP contribution is 2.45. The second-order valence-corrected chi connectivity index (χ2v) is 8.68. The molecule has 0 spiro atoms. The number of carbonyl (C=O) groups excluding carboxylic acids is 1. The lowest BCUT2D eigenvalue weighted by Crippen LogP contribution is -2.29. The summed E-state index contributed by atoms with van der Waals surface area (Å²) in [5.74, 6) is 1.24. The highest BCUT2D eigenvalue weighted by molar-refractivity contribution is 6.00. The zero-order valence-electron chi connectivity index (χ0n) is 20.1. The van der Waals surface area contributed by atoms with Crippen LogP contribution in [0.3, 0.4) is 0 Å². The van der Waals surface area contributed by atoms with E-state index >= 15 is 0 Å². The Labute approximate surface area is 204 Å². The number of aromatic amines is 1. The summed E-state index contributed by atoms with van der Waals surface area (Å²) in [4.78, 5) is 19.6. The maximum atomic E-state index is 13.6. The molecule has 178 valence electrons. The third-order valence-corrected chi connectivity index (χ3v) is 6.26. The molecule has 1 N–H and O–H groups in total. The Morgan fingerprint density at radius 3 is 2.51 bits per heavy atom. The maximum Gasteiger partial charge on any atom is 0.273 e. The summed E-state index contributed by atoms with van der Waals surface area (Å²) >= 11 is 0. The number of rotatable bonds is 8. The number of nitrogens with zero attached hydrogens (tertiary/aromatic N) is 3. The second-order valence-electron chi connectivity index (χ2n) is 8.68. The van der Waals surface area contributed by atoms with E-state index in [1.165, 1.54) is 5.56 Å². The van der Waals surface area contributed by atoms with E-state index in [0.717, 1.165) is 34.4 Å². The van der Waals surface area contributed by atoms with Gasteiger partial charge in [-0.25, -0.2) is 0 Å². The van der Waals surface area contributed by atoms with Crippen LogP contribution in [0.2, 0.25) is 0 Å².